The fourth-order valence-electron chi connectivity index (χ4n) is 2.19. The summed E-state index contributed by atoms with van der Waals surface area (Å²) in [5.41, 5.74) is 0.00776. The van der Waals surface area contributed by atoms with E-state index >= 15 is 0 Å². The highest BCUT2D eigenvalue weighted by Crippen LogP contribution is 2.32. The Morgan fingerprint density at radius 1 is 1.42 bits per heavy atom. The summed E-state index contributed by atoms with van der Waals surface area (Å²) in [6.45, 7) is 2.71. The van der Waals surface area contributed by atoms with Gasteiger partial charge in [0.2, 0.25) is 0 Å². The van der Waals surface area contributed by atoms with Crippen molar-refractivity contribution in [1.29, 1.82) is 0 Å². The van der Waals surface area contributed by atoms with Gasteiger partial charge in [0.1, 0.15) is 0 Å². The third kappa shape index (κ3) is 3.56. The van der Waals surface area contributed by atoms with Crippen molar-refractivity contribution >= 4 is 21.6 Å². The van der Waals surface area contributed by atoms with Crippen molar-refractivity contribution < 1.29 is 9.66 Å². The highest BCUT2D eigenvalue weighted by Gasteiger charge is 2.21. The molecule has 0 spiro atoms. The van der Waals surface area contributed by atoms with Gasteiger partial charge in [-0.05, 0) is 36.8 Å². The Labute approximate surface area is 120 Å². The molecule has 1 aliphatic carbocycles. The van der Waals surface area contributed by atoms with Crippen LogP contribution >= 0.6 is 15.9 Å². The molecular formula is C14H16BrNO3. The van der Waals surface area contributed by atoms with Crippen LogP contribution in [0.4, 0.5) is 5.69 Å². The molecule has 0 N–H and O–H groups in total. The highest BCUT2D eigenvalue weighted by molar-refractivity contribution is 9.10. The van der Waals surface area contributed by atoms with Gasteiger partial charge in [-0.1, -0.05) is 35.0 Å². The molecule has 1 aromatic rings. The smallest absolute Gasteiger partial charge is 0.312 e. The van der Waals surface area contributed by atoms with E-state index in [1.165, 1.54) is 6.07 Å². The largest absolute Gasteiger partial charge is 0.486 e. The van der Waals surface area contributed by atoms with Gasteiger partial charge in [-0.2, -0.15) is 0 Å². The number of nitrogens with zero attached hydrogens (tertiary/aromatic N) is 1. The molecule has 0 bridgehead atoms. The molecule has 2 unspecified atom stereocenters. The average molecular weight is 326 g/mol. The topological polar surface area (TPSA) is 52.4 Å². The van der Waals surface area contributed by atoms with Crippen LogP contribution < -0.4 is 4.74 Å². The zero-order chi connectivity index (χ0) is 13.8. The summed E-state index contributed by atoms with van der Waals surface area (Å²) in [5, 5.41) is 11.0. The van der Waals surface area contributed by atoms with Crippen LogP contribution in [0.2, 0.25) is 0 Å². The van der Waals surface area contributed by atoms with E-state index in [9.17, 15) is 10.1 Å². The second-order valence-electron chi connectivity index (χ2n) is 4.86. The van der Waals surface area contributed by atoms with Gasteiger partial charge in [-0.3, -0.25) is 10.1 Å². The third-order valence-electron chi connectivity index (χ3n) is 3.49. The second-order valence-corrected chi connectivity index (χ2v) is 5.78. The fraction of sp³-hybridized carbons (Fsp3) is 0.429. The molecule has 0 fully saturated rings. The standard InChI is InChI=1S/C14H16BrNO3/c1-10-4-2-3-5-11(10)9-19-14-7-6-12(15)8-13(14)16(17)18/h2-3,6-8,10-11H,4-5,9H2,1H3. The van der Waals surface area contributed by atoms with Crippen molar-refractivity contribution in [1.82, 2.24) is 0 Å². The van der Waals surface area contributed by atoms with E-state index in [0.717, 1.165) is 12.8 Å². The Balaban J connectivity index is 2.07. The lowest BCUT2D eigenvalue weighted by molar-refractivity contribution is -0.386. The minimum Gasteiger partial charge on any atom is -0.486 e. The summed E-state index contributed by atoms with van der Waals surface area (Å²) < 4.78 is 6.35. The van der Waals surface area contributed by atoms with Gasteiger partial charge in [-0.25, -0.2) is 0 Å². The van der Waals surface area contributed by atoms with Crippen molar-refractivity contribution in [2.45, 2.75) is 19.8 Å². The first kappa shape index (κ1) is 14.1. The van der Waals surface area contributed by atoms with Crippen LogP contribution in [-0.2, 0) is 0 Å². The SMILES string of the molecule is CC1CC=CCC1COc1ccc(Br)cc1[N+](=O)[O-]. The predicted molar refractivity (Wildman–Crippen MR) is 77.3 cm³/mol. The van der Waals surface area contributed by atoms with Crippen molar-refractivity contribution in [3.63, 3.8) is 0 Å². The lowest BCUT2D eigenvalue weighted by Gasteiger charge is -2.25. The molecule has 0 heterocycles. The van der Waals surface area contributed by atoms with E-state index < -0.39 is 4.92 Å². The van der Waals surface area contributed by atoms with Crippen LogP contribution in [0, 0.1) is 22.0 Å². The monoisotopic (exact) mass is 325 g/mol. The maximum Gasteiger partial charge on any atom is 0.312 e. The van der Waals surface area contributed by atoms with E-state index in [1.54, 1.807) is 12.1 Å². The minimum atomic E-state index is -0.412. The Morgan fingerprint density at radius 2 is 2.16 bits per heavy atom. The molecule has 4 nitrogen and oxygen atoms in total. The van der Waals surface area contributed by atoms with Gasteiger partial charge in [0, 0.05) is 10.5 Å². The van der Waals surface area contributed by atoms with E-state index in [1.807, 2.05) is 0 Å². The van der Waals surface area contributed by atoms with Gasteiger partial charge in [0.15, 0.2) is 5.75 Å². The number of rotatable bonds is 4. The molecule has 2 atom stereocenters. The van der Waals surface area contributed by atoms with E-state index in [0.29, 0.717) is 28.7 Å². The first-order valence-electron chi connectivity index (χ1n) is 6.29. The molecule has 1 aliphatic rings. The van der Waals surface area contributed by atoms with Crippen LogP contribution in [0.3, 0.4) is 0 Å². The van der Waals surface area contributed by atoms with Crippen LogP contribution in [0.25, 0.3) is 0 Å². The van der Waals surface area contributed by atoms with Crippen molar-refractivity contribution in [2.24, 2.45) is 11.8 Å². The molecule has 19 heavy (non-hydrogen) atoms. The van der Waals surface area contributed by atoms with Crippen molar-refractivity contribution in [3.05, 3.63) is 44.9 Å². The number of nitro groups is 1. The molecule has 102 valence electrons. The van der Waals surface area contributed by atoms with Gasteiger partial charge in [-0.15, -0.1) is 0 Å². The fourth-order valence-corrected chi connectivity index (χ4v) is 2.54. The first-order chi connectivity index (χ1) is 9.08. The average Bonchev–Trinajstić information content (AvgIpc) is 2.38. The van der Waals surface area contributed by atoms with E-state index in [-0.39, 0.29) is 5.69 Å². The number of hydrogen-bond donors (Lipinski definition) is 0. The molecule has 0 aliphatic heterocycles. The molecule has 0 saturated carbocycles. The molecule has 2 rings (SSSR count). The predicted octanol–water partition coefficient (Wildman–Crippen LogP) is 4.34. The Morgan fingerprint density at radius 3 is 2.84 bits per heavy atom. The number of halogens is 1. The Bertz CT molecular complexity index is 501. The molecule has 0 aromatic heterocycles. The van der Waals surface area contributed by atoms with Crippen LogP contribution in [0.15, 0.2) is 34.8 Å². The van der Waals surface area contributed by atoms with Crippen molar-refractivity contribution in [3.8, 4) is 5.75 Å². The molecule has 0 amide bonds. The van der Waals surface area contributed by atoms with Gasteiger partial charge < -0.3 is 4.74 Å². The summed E-state index contributed by atoms with van der Waals surface area (Å²) in [4.78, 5) is 10.6. The number of allylic oxidation sites excluding steroid dienone is 2. The molecule has 0 saturated heterocycles. The minimum absolute atomic E-state index is 0.00776. The number of benzene rings is 1. The first-order valence-corrected chi connectivity index (χ1v) is 7.09. The third-order valence-corrected chi connectivity index (χ3v) is 3.98. The quantitative estimate of drug-likeness (QED) is 0.470. The highest BCUT2D eigenvalue weighted by atomic mass is 79.9. The molecular weight excluding hydrogens is 310 g/mol. The molecule has 5 heteroatoms. The Kier molecular flexibility index (Phi) is 4.58. The molecule has 0 radical (unpaired) electrons. The van der Waals surface area contributed by atoms with Crippen LogP contribution in [0.5, 0.6) is 5.75 Å². The maximum atomic E-state index is 11.0. The van der Waals surface area contributed by atoms with Crippen molar-refractivity contribution in [2.75, 3.05) is 6.61 Å². The zero-order valence-corrected chi connectivity index (χ0v) is 12.3. The van der Waals surface area contributed by atoms with Gasteiger partial charge in [0.05, 0.1) is 11.5 Å². The number of ether oxygens (including phenoxy) is 1. The summed E-state index contributed by atoms with van der Waals surface area (Å²) in [5.74, 6) is 1.32. The number of hydrogen-bond acceptors (Lipinski definition) is 3. The number of nitro benzene ring substituents is 1. The van der Waals surface area contributed by atoms with E-state index in [2.05, 4.69) is 35.0 Å². The van der Waals surface area contributed by atoms with Gasteiger partial charge >= 0.3 is 5.69 Å². The van der Waals surface area contributed by atoms with Gasteiger partial charge in [0.25, 0.3) is 0 Å². The Hall–Kier alpha value is -1.36. The summed E-state index contributed by atoms with van der Waals surface area (Å²) in [6, 6.07) is 4.87. The summed E-state index contributed by atoms with van der Waals surface area (Å²) in [6.07, 6.45) is 6.37. The molecule has 1 aromatic carbocycles. The maximum absolute atomic E-state index is 11.0. The summed E-state index contributed by atoms with van der Waals surface area (Å²) >= 11 is 3.23. The zero-order valence-electron chi connectivity index (χ0n) is 10.7. The normalized spacial score (nSPS) is 22.2. The summed E-state index contributed by atoms with van der Waals surface area (Å²) in [7, 11) is 0. The van der Waals surface area contributed by atoms with Crippen LogP contribution in [-0.4, -0.2) is 11.5 Å². The van der Waals surface area contributed by atoms with E-state index in [4.69, 9.17) is 4.74 Å². The second kappa shape index (κ2) is 6.19. The lowest BCUT2D eigenvalue weighted by atomic mass is 9.85. The lowest BCUT2D eigenvalue weighted by Crippen LogP contribution is -2.21. The van der Waals surface area contributed by atoms with Crippen LogP contribution in [0.1, 0.15) is 19.8 Å².